The van der Waals surface area contributed by atoms with Gasteiger partial charge in [0.2, 0.25) is 0 Å². The Labute approximate surface area is 165 Å². The number of benzene rings is 2. The lowest BCUT2D eigenvalue weighted by Crippen LogP contribution is -2.43. The topological polar surface area (TPSA) is 30.8 Å². The van der Waals surface area contributed by atoms with Crippen molar-refractivity contribution >= 4 is 14.5 Å². The lowest BCUT2D eigenvalue weighted by atomic mass is 10.2. The molecule has 0 bridgehead atoms. The van der Waals surface area contributed by atoms with Crippen LogP contribution in [0.3, 0.4) is 0 Å². The van der Waals surface area contributed by atoms with E-state index in [1.165, 1.54) is 5.56 Å². The molecule has 0 aliphatic rings. The Kier molecular flexibility index (Phi) is 7.96. The van der Waals surface area contributed by atoms with Crippen LogP contribution in [0.15, 0.2) is 65.7 Å². The van der Waals surface area contributed by atoms with E-state index in [1.807, 2.05) is 42.6 Å². The highest BCUT2D eigenvalue weighted by atomic mass is 28.4. The molecule has 0 aliphatic carbocycles. The van der Waals surface area contributed by atoms with Gasteiger partial charge in [-0.2, -0.15) is 0 Å². The second kappa shape index (κ2) is 9.97. The average Bonchev–Trinajstić information content (AvgIpc) is 2.64. The molecule has 0 saturated carbocycles. The second-order valence-electron chi connectivity index (χ2n) is 8.38. The average molecular weight is 384 g/mol. The minimum Gasteiger partial charge on any atom is -0.414 e. The molecule has 2 rings (SSSR count). The maximum atomic E-state index is 6.37. The first-order valence-corrected chi connectivity index (χ1v) is 12.5. The van der Waals surface area contributed by atoms with Gasteiger partial charge in [-0.1, -0.05) is 81.4 Å². The zero-order valence-corrected chi connectivity index (χ0v) is 18.3. The summed E-state index contributed by atoms with van der Waals surface area (Å²) < 4.78 is 12.5. The normalized spacial score (nSPS) is 13.8. The summed E-state index contributed by atoms with van der Waals surface area (Å²) in [5, 5.41) is 0.179. The first-order chi connectivity index (χ1) is 12.8. The van der Waals surface area contributed by atoms with Crippen molar-refractivity contribution in [2.75, 3.05) is 6.61 Å². The van der Waals surface area contributed by atoms with Crippen LogP contribution in [0.2, 0.25) is 18.1 Å². The van der Waals surface area contributed by atoms with Gasteiger partial charge in [0.25, 0.3) is 0 Å². The van der Waals surface area contributed by atoms with Gasteiger partial charge < -0.3 is 9.16 Å². The van der Waals surface area contributed by atoms with Gasteiger partial charge in [0.1, 0.15) is 6.10 Å². The Bertz CT molecular complexity index is 693. The number of hydrogen-bond donors (Lipinski definition) is 0. The fourth-order valence-electron chi connectivity index (χ4n) is 2.28. The minimum absolute atomic E-state index is 0.150. The van der Waals surface area contributed by atoms with Crippen LogP contribution >= 0.6 is 0 Å². The summed E-state index contributed by atoms with van der Waals surface area (Å²) in [6.45, 7) is 13.1. The summed E-state index contributed by atoms with van der Waals surface area (Å²) in [5.74, 6) is 0. The smallest absolute Gasteiger partial charge is 0.192 e. The fourth-order valence-corrected chi connectivity index (χ4v) is 3.29. The summed E-state index contributed by atoms with van der Waals surface area (Å²) >= 11 is 0. The van der Waals surface area contributed by atoms with Crippen molar-refractivity contribution < 1.29 is 9.16 Å². The predicted molar refractivity (Wildman–Crippen MR) is 117 cm³/mol. The number of ether oxygens (including phenoxy) is 1. The van der Waals surface area contributed by atoms with Gasteiger partial charge in [-0.05, 0) is 29.3 Å². The van der Waals surface area contributed by atoms with E-state index in [2.05, 4.69) is 63.1 Å². The zero-order chi connectivity index (χ0) is 19.8. The minimum atomic E-state index is -1.82. The van der Waals surface area contributed by atoms with Crippen LogP contribution < -0.4 is 0 Å². The molecule has 2 aromatic carbocycles. The zero-order valence-electron chi connectivity index (χ0n) is 17.3. The summed E-state index contributed by atoms with van der Waals surface area (Å²) in [6.07, 6.45) is 1.76. The molecular weight excluding hydrogens is 350 g/mol. The monoisotopic (exact) mass is 383 g/mol. The van der Waals surface area contributed by atoms with E-state index < -0.39 is 8.32 Å². The molecule has 4 heteroatoms. The molecule has 0 spiro atoms. The van der Waals surface area contributed by atoms with Crippen LogP contribution in [0.5, 0.6) is 0 Å². The van der Waals surface area contributed by atoms with Gasteiger partial charge in [-0.3, -0.25) is 4.99 Å². The summed E-state index contributed by atoms with van der Waals surface area (Å²) in [6, 6.07) is 20.5. The third kappa shape index (κ3) is 7.41. The molecule has 3 nitrogen and oxygen atoms in total. The lowest BCUT2D eigenvalue weighted by Gasteiger charge is -2.36. The largest absolute Gasteiger partial charge is 0.414 e. The maximum Gasteiger partial charge on any atom is 0.192 e. The van der Waals surface area contributed by atoms with Crippen LogP contribution in [0, 0.1) is 0 Å². The van der Waals surface area contributed by atoms with Gasteiger partial charge in [-0.15, -0.1) is 0 Å². The van der Waals surface area contributed by atoms with E-state index >= 15 is 0 Å². The highest BCUT2D eigenvalue weighted by Crippen LogP contribution is 2.36. The molecule has 0 N–H and O–H groups in total. The van der Waals surface area contributed by atoms with E-state index in [1.54, 1.807) is 0 Å². The highest BCUT2D eigenvalue weighted by molar-refractivity contribution is 6.74. The molecule has 0 aliphatic heterocycles. The molecule has 0 heterocycles. The highest BCUT2D eigenvalue weighted by Gasteiger charge is 2.37. The molecule has 1 atom stereocenters. The van der Waals surface area contributed by atoms with E-state index in [9.17, 15) is 0 Å². The van der Waals surface area contributed by atoms with Crippen molar-refractivity contribution in [1.82, 2.24) is 0 Å². The van der Waals surface area contributed by atoms with Crippen LogP contribution in [-0.2, 0) is 22.3 Å². The molecule has 0 amide bonds. The first kappa shape index (κ1) is 21.5. The molecule has 0 fully saturated rings. The predicted octanol–water partition coefficient (Wildman–Crippen LogP) is 5.86. The van der Waals surface area contributed by atoms with E-state index in [0.717, 1.165) is 5.56 Å². The number of nitrogens with zero attached hydrogens (tertiary/aromatic N) is 1. The number of hydrogen-bond acceptors (Lipinski definition) is 3. The molecule has 27 heavy (non-hydrogen) atoms. The van der Waals surface area contributed by atoms with Gasteiger partial charge in [0.05, 0.1) is 19.8 Å². The van der Waals surface area contributed by atoms with E-state index in [-0.39, 0.29) is 11.1 Å². The van der Waals surface area contributed by atoms with Gasteiger partial charge >= 0.3 is 0 Å². The van der Waals surface area contributed by atoms with Crippen LogP contribution in [0.4, 0.5) is 0 Å². The standard InChI is InChI=1S/C23H33NO2Si/c1-23(2,3)27(4,5)26-19-22(25-18-21-14-10-7-11-15-21)17-24-16-20-12-8-6-9-13-20/h6-15,17,22H,16,18-19H2,1-5H3/t22-/m0/s1. The summed E-state index contributed by atoms with van der Waals surface area (Å²) in [4.78, 5) is 4.60. The Balaban J connectivity index is 1.98. The number of aliphatic imine (C=N–C) groups is 1. The van der Waals surface area contributed by atoms with Gasteiger partial charge in [0.15, 0.2) is 8.32 Å². The van der Waals surface area contributed by atoms with Crippen molar-refractivity contribution in [3.05, 3.63) is 71.8 Å². The fraction of sp³-hybridized carbons (Fsp3) is 0.435. The Morgan fingerprint density at radius 1 is 0.926 bits per heavy atom. The third-order valence-electron chi connectivity index (χ3n) is 5.11. The van der Waals surface area contributed by atoms with Crippen molar-refractivity contribution in [3.8, 4) is 0 Å². The van der Waals surface area contributed by atoms with Gasteiger partial charge in [0, 0.05) is 6.21 Å². The number of rotatable bonds is 9. The Morgan fingerprint density at radius 2 is 1.48 bits per heavy atom. The third-order valence-corrected chi connectivity index (χ3v) is 9.61. The van der Waals surface area contributed by atoms with Gasteiger partial charge in [-0.25, -0.2) is 0 Å². The maximum absolute atomic E-state index is 6.37. The van der Waals surface area contributed by atoms with Crippen molar-refractivity contribution in [3.63, 3.8) is 0 Å². The van der Waals surface area contributed by atoms with Crippen LogP contribution in [0.1, 0.15) is 31.9 Å². The molecule has 0 radical (unpaired) electrons. The first-order valence-electron chi connectivity index (χ1n) is 9.61. The molecule has 0 unspecified atom stereocenters. The quantitative estimate of drug-likeness (QED) is 0.401. The van der Waals surface area contributed by atoms with Crippen molar-refractivity contribution in [2.45, 2.75) is 58.2 Å². The molecule has 146 valence electrons. The summed E-state index contributed by atoms with van der Waals surface area (Å²) in [7, 11) is -1.82. The Hall–Kier alpha value is -1.75. The SMILES string of the molecule is CC(C)(C)[Si](C)(C)OC[C@H](C=NCc1ccccc1)OCc1ccccc1. The molecule has 2 aromatic rings. The molecule has 0 saturated heterocycles. The lowest BCUT2D eigenvalue weighted by molar-refractivity contribution is 0.0499. The van der Waals surface area contributed by atoms with E-state index in [0.29, 0.717) is 19.8 Å². The summed E-state index contributed by atoms with van der Waals surface area (Å²) in [5.41, 5.74) is 2.35. The molecular formula is C23H33NO2Si. The second-order valence-corrected chi connectivity index (χ2v) is 13.2. The molecule has 0 aromatic heterocycles. The Morgan fingerprint density at radius 3 is 2.04 bits per heavy atom. The van der Waals surface area contributed by atoms with Crippen LogP contribution in [0.25, 0.3) is 0 Å². The van der Waals surface area contributed by atoms with E-state index in [4.69, 9.17) is 9.16 Å². The van der Waals surface area contributed by atoms with Crippen molar-refractivity contribution in [2.24, 2.45) is 4.99 Å². The van der Waals surface area contributed by atoms with Crippen LogP contribution in [-0.4, -0.2) is 27.2 Å². The van der Waals surface area contributed by atoms with Crippen molar-refractivity contribution in [1.29, 1.82) is 0 Å².